The van der Waals surface area contributed by atoms with Gasteiger partial charge < -0.3 is 25.0 Å². The zero-order valence-electron chi connectivity index (χ0n) is 23.9. The largest absolute Gasteiger partial charge is 0.490 e. The summed E-state index contributed by atoms with van der Waals surface area (Å²) in [7, 11) is 0. The number of pyridine rings is 1. The fourth-order valence-corrected chi connectivity index (χ4v) is 5.12. The summed E-state index contributed by atoms with van der Waals surface area (Å²) >= 11 is 0. The minimum atomic E-state index is -5.08. The number of carboxylic acid groups (broad SMARTS) is 1. The third-order valence-electron chi connectivity index (χ3n) is 7.72. The number of carbonyl (C=O) groups is 2. The topological polar surface area (TPSA) is 121 Å². The monoisotopic (exact) mass is 640 g/mol. The molecule has 2 N–H and O–H groups in total. The van der Waals surface area contributed by atoms with Crippen LogP contribution in [0.5, 0.6) is 0 Å². The van der Waals surface area contributed by atoms with E-state index in [1.807, 2.05) is 0 Å². The lowest BCUT2D eigenvalue weighted by atomic mass is 9.88. The molecule has 1 amide bonds. The molecule has 2 aromatic heterocycles. The number of ether oxygens (including phenoxy) is 1. The van der Waals surface area contributed by atoms with E-state index < -0.39 is 30.0 Å². The number of anilines is 2. The summed E-state index contributed by atoms with van der Waals surface area (Å²) in [5.41, 5.74) is 1.37. The molecule has 3 aromatic rings. The molecule has 1 aliphatic carbocycles. The van der Waals surface area contributed by atoms with Crippen molar-refractivity contribution in [2.45, 2.75) is 44.1 Å². The predicted molar refractivity (Wildman–Crippen MR) is 150 cm³/mol. The number of benzene rings is 1. The Hall–Kier alpha value is -4.21. The molecule has 2 aliphatic heterocycles. The normalized spacial score (nSPS) is 18.3. The first kappa shape index (κ1) is 32.2. The molecule has 0 radical (unpaired) electrons. The first-order valence-corrected chi connectivity index (χ1v) is 14.4. The van der Waals surface area contributed by atoms with Crippen LogP contribution in [0, 0.1) is 17.6 Å². The van der Waals surface area contributed by atoms with Gasteiger partial charge in [-0.1, -0.05) is 6.07 Å². The van der Waals surface area contributed by atoms with E-state index in [4.69, 9.17) is 24.6 Å². The Labute approximate surface area is 253 Å². The standard InChI is InChI=1S/C27H29F3N6O2.C2HF3O2/c28-17-1-4-19(20(29)13-17)24(30)16-5-7-35(8-6-16)26-25(32-18-2-3-18)33-21-14-22(31-15-23(21)34-26)27(37)36-9-11-38-12-10-36;3-2(4,5)1(6)7/h1,4,13-16,18,24H,2-3,5-12H2,(H,32,33);(H,6,7)/t24-;/m1./s1. The van der Waals surface area contributed by atoms with Gasteiger partial charge in [0.1, 0.15) is 29.0 Å². The zero-order chi connectivity index (χ0) is 32.3. The fourth-order valence-electron chi connectivity index (χ4n) is 5.12. The fraction of sp³-hybridized carbons (Fsp3) is 0.483. The maximum atomic E-state index is 15.2. The first-order valence-electron chi connectivity index (χ1n) is 14.4. The number of fused-ring (bicyclic) bond motifs is 1. The summed E-state index contributed by atoms with van der Waals surface area (Å²) in [6.07, 6.45) is -1.94. The van der Waals surface area contributed by atoms with Crippen LogP contribution in [-0.2, 0) is 9.53 Å². The maximum absolute atomic E-state index is 15.2. The second kappa shape index (κ2) is 13.4. The zero-order valence-corrected chi connectivity index (χ0v) is 23.9. The number of hydrogen-bond donors (Lipinski definition) is 2. The van der Waals surface area contributed by atoms with E-state index in [2.05, 4.69) is 15.2 Å². The average Bonchev–Trinajstić information content (AvgIpc) is 3.84. The highest BCUT2D eigenvalue weighted by molar-refractivity contribution is 5.95. The summed E-state index contributed by atoms with van der Waals surface area (Å²) in [6.45, 7) is 3.12. The molecule has 0 unspecified atom stereocenters. The maximum Gasteiger partial charge on any atom is 0.490 e. The quantitative estimate of drug-likeness (QED) is 0.362. The molecule has 4 heterocycles. The van der Waals surface area contributed by atoms with Gasteiger partial charge in [-0.2, -0.15) is 13.2 Å². The Kier molecular flexibility index (Phi) is 9.60. The summed E-state index contributed by atoms with van der Waals surface area (Å²) in [5, 5.41) is 10.6. The number of aromatic nitrogens is 3. The van der Waals surface area contributed by atoms with E-state index in [9.17, 15) is 26.7 Å². The summed E-state index contributed by atoms with van der Waals surface area (Å²) in [4.78, 5) is 39.6. The highest BCUT2D eigenvalue weighted by atomic mass is 19.4. The van der Waals surface area contributed by atoms with E-state index in [1.165, 1.54) is 6.07 Å². The Balaban J connectivity index is 0.000000515. The highest BCUT2D eigenvalue weighted by Gasteiger charge is 2.38. The molecular weight excluding hydrogens is 610 g/mol. The number of halogens is 6. The van der Waals surface area contributed by atoms with Crippen LogP contribution in [0.4, 0.5) is 38.0 Å². The number of amides is 1. The van der Waals surface area contributed by atoms with Gasteiger partial charge in [-0.25, -0.2) is 32.9 Å². The molecule has 1 aromatic carbocycles. The second-order valence-corrected chi connectivity index (χ2v) is 11.0. The van der Waals surface area contributed by atoms with Crippen LogP contribution >= 0.6 is 0 Å². The number of carbonyl (C=O) groups excluding carboxylic acids is 1. The number of carboxylic acids is 1. The number of nitrogens with zero attached hydrogens (tertiary/aromatic N) is 5. The van der Waals surface area contributed by atoms with Gasteiger partial charge in [-0.05, 0) is 43.7 Å². The number of alkyl halides is 4. The van der Waals surface area contributed by atoms with Crippen molar-refractivity contribution >= 4 is 34.5 Å². The molecule has 242 valence electrons. The smallest absolute Gasteiger partial charge is 0.475 e. The van der Waals surface area contributed by atoms with Crippen molar-refractivity contribution in [2.75, 3.05) is 49.6 Å². The third kappa shape index (κ3) is 7.90. The lowest BCUT2D eigenvalue weighted by molar-refractivity contribution is -0.192. The van der Waals surface area contributed by atoms with E-state index in [0.717, 1.165) is 25.0 Å². The van der Waals surface area contributed by atoms with Gasteiger partial charge >= 0.3 is 12.1 Å². The number of hydrogen-bond acceptors (Lipinski definition) is 8. The molecule has 45 heavy (non-hydrogen) atoms. The Bertz CT molecular complexity index is 1540. The molecule has 10 nitrogen and oxygen atoms in total. The van der Waals surface area contributed by atoms with E-state index in [-0.39, 0.29) is 17.4 Å². The molecule has 0 spiro atoms. The molecule has 1 saturated carbocycles. The predicted octanol–water partition coefficient (Wildman–Crippen LogP) is 4.91. The Morgan fingerprint density at radius 1 is 0.978 bits per heavy atom. The molecule has 2 saturated heterocycles. The van der Waals surface area contributed by atoms with Gasteiger partial charge in [0.25, 0.3) is 5.91 Å². The molecule has 3 fully saturated rings. The Morgan fingerprint density at radius 3 is 2.24 bits per heavy atom. The average molecular weight is 641 g/mol. The van der Waals surface area contributed by atoms with Gasteiger partial charge in [-0.3, -0.25) is 4.79 Å². The van der Waals surface area contributed by atoms with Crippen molar-refractivity contribution in [3.8, 4) is 0 Å². The first-order chi connectivity index (χ1) is 21.4. The summed E-state index contributed by atoms with van der Waals surface area (Å²) in [6, 6.07) is 5.02. The van der Waals surface area contributed by atoms with E-state index in [0.29, 0.717) is 86.6 Å². The molecule has 16 heteroatoms. The van der Waals surface area contributed by atoms with Crippen LogP contribution < -0.4 is 10.2 Å². The SMILES string of the molecule is O=C(O)C(F)(F)F.O=C(c1cc2nc(NC3CC3)c(N3CCC([C@@H](F)c4ccc(F)cc4F)CC3)nc2cn1)N1CCOCC1. The van der Waals surface area contributed by atoms with Crippen molar-refractivity contribution in [1.82, 2.24) is 19.9 Å². The minimum absolute atomic E-state index is 0.0973. The molecular formula is C29H30F6N6O4. The van der Waals surface area contributed by atoms with E-state index >= 15 is 4.39 Å². The van der Waals surface area contributed by atoms with Gasteiger partial charge in [0, 0.05) is 43.9 Å². The van der Waals surface area contributed by atoms with Crippen LogP contribution in [0.1, 0.15) is 47.9 Å². The van der Waals surface area contributed by atoms with Crippen LogP contribution in [0.15, 0.2) is 30.5 Å². The number of aliphatic carboxylic acids is 1. The van der Waals surface area contributed by atoms with Gasteiger partial charge in [0.15, 0.2) is 11.6 Å². The molecule has 0 bridgehead atoms. The van der Waals surface area contributed by atoms with Crippen LogP contribution in [0.3, 0.4) is 0 Å². The lowest BCUT2D eigenvalue weighted by Gasteiger charge is -2.35. The Morgan fingerprint density at radius 2 is 1.64 bits per heavy atom. The molecule has 1 atom stereocenters. The number of morpholine rings is 1. The van der Waals surface area contributed by atoms with E-state index in [1.54, 1.807) is 17.2 Å². The lowest BCUT2D eigenvalue weighted by Crippen LogP contribution is -2.41. The number of piperidine rings is 1. The van der Waals surface area contributed by atoms with Crippen molar-refractivity contribution < 1.29 is 45.8 Å². The summed E-state index contributed by atoms with van der Waals surface area (Å²) in [5.74, 6) is -3.56. The number of nitrogens with one attached hydrogen (secondary N) is 1. The van der Waals surface area contributed by atoms with Gasteiger partial charge in [-0.15, -0.1) is 0 Å². The molecule has 6 rings (SSSR count). The molecule has 3 aliphatic rings. The second-order valence-electron chi connectivity index (χ2n) is 11.0. The van der Waals surface area contributed by atoms with Gasteiger partial charge in [0.2, 0.25) is 0 Å². The van der Waals surface area contributed by atoms with Crippen LogP contribution in [0.2, 0.25) is 0 Å². The number of rotatable bonds is 6. The van der Waals surface area contributed by atoms with Crippen molar-refractivity contribution in [2.24, 2.45) is 5.92 Å². The summed E-state index contributed by atoms with van der Waals surface area (Å²) < 4.78 is 79.7. The van der Waals surface area contributed by atoms with Crippen molar-refractivity contribution in [3.63, 3.8) is 0 Å². The third-order valence-corrected chi connectivity index (χ3v) is 7.72. The van der Waals surface area contributed by atoms with Crippen molar-refractivity contribution in [3.05, 3.63) is 53.4 Å². The van der Waals surface area contributed by atoms with Crippen molar-refractivity contribution in [1.29, 1.82) is 0 Å². The minimum Gasteiger partial charge on any atom is -0.475 e. The van der Waals surface area contributed by atoms with Crippen LogP contribution in [-0.4, -0.2) is 88.4 Å². The van der Waals surface area contributed by atoms with Crippen LogP contribution in [0.25, 0.3) is 11.0 Å². The highest BCUT2D eigenvalue weighted by Crippen LogP contribution is 2.38. The van der Waals surface area contributed by atoms with Gasteiger partial charge in [0.05, 0.1) is 24.9 Å².